The largest absolute Gasteiger partial charge is 0.340 e. The molecule has 4 rings (SSSR count). The highest BCUT2D eigenvalue weighted by atomic mass is 35.5. The van der Waals surface area contributed by atoms with Crippen molar-refractivity contribution in [1.29, 1.82) is 0 Å². The Labute approximate surface area is 186 Å². The van der Waals surface area contributed by atoms with Gasteiger partial charge in [-0.3, -0.25) is 15.0 Å². The molecule has 8 nitrogen and oxygen atoms in total. The van der Waals surface area contributed by atoms with Crippen molar-refractivity contribution in [3.8, 4) is 0 Å². The van der Waals surface area contributed by atoms with E-state index in [0.717, 1.165) is 57.2 Å². The number of benzene rings is 1. The van der Waals surface area contributed by atoms with E-state index in [9.17, 15) is 9.59 Å². The Morgan fingerprint density at radius 3 is 2.57 bits per heavy atom. The van der Waals surface area contributed by atoms with E-state index in [1.807, 2.05) is 12.1 Å². The fourth-order valence-electron chi connectivity index (χ4n) is 4.25. The van der Waals surface area contributed by atoms with E-state index < -0.39 is 18.2 Å². The van der Waals surface area contributed by atoms with E-state index >= 15 is 0 Å². The van der Waals surface area contributed by atoms with E-state index in [1.165, 1.54) is 4.90 Å². The van der Waals surface area contributed by atoms with Crippen molar-refractivity contribution in [2.24, 2.45) is 4.99 Å². The maximum absolute atomic E-state index is 12.5. The van der Waals surface area contributed by atoms with E-state index in [4.69, 9.17) is 28.2 Å². The maximum atomic E-state index is 12.5. The van der Waals surface area contributed by atoms with Crippen LogP contribution in [0.2, 0.25) is 10.0 Å². The molecule has 2 unspecified atom stereocenters. The number of halogens is 2. The van der Waals surface area contributed by atoms with Gasteiger partial charge >= 0.3 is 6.03 Å². The first kappa shape index (κ1) is 21.2. The zero-order chi connectivity index (χ0) is 21.4. The number of carbonyl (C=O) groups is 2. The molecule has 0 aromatic heterocycles. The number of piperazine rings is 1. The first-order chi connectivity index (χ1) is 14.4. The van der Waals surface area contributed by atoms with E-state index in [0.29, 0.717) is 10.0 Å². The van der Waals surface area contributed by atoms with E-state index in [-0.39, 0.29) is 5.91 Å². The Morgan fingerprint density at radius 1 is 1.17 bits per heavy atom. The van der Waals surface area contributed by atoms with Crippen LogP contribution >= 0.6 is 23.2 Å². The van der Waals surface area contributed by atoms with Gasteiger partial charge in [0.05, 0.1) is 0 Å². The molecule has 3 aliphatic rings. The number of nitrogens with zero attached hydrogens (tertiary/aromatic N) is 5. The predicted octanol–water partition coefficient (Wildman–Crippen LogP) is 2.07. The summed E-state index contributed by atoms with van der Waals surface area (Å²) in [6, 6.07) is 4.74. The maximum Gasteiger partial charge on any atom is 0.325 e. The number of guanidine groups is 1. The van der Waals surface area contributed by atoms with Crippen molar-refractivity contribution in [3.05, 3.63) is 33.8 Å². The van der Waals surface area contributed by atoms with Crippen molar-refractivity contribution in [3.63, 3.8) is 0 Å². The summed E-state index contributed by atoms with van der Waals surface area (Å²) in [6.45, 7) is 6.86. The Morgan fingerprint density at radius 2 is 1.90 bits per heavy atom. The third-order valence-corrected chi connectivity index (χ3v) is 6.45. The number of imide groups is 1. The number of likely N-dealkylation sites (N-methyl/N-ethyl adjacent to an activating group) is 1. The first-order valence-corrected chi connectivity index (χ1v) is 11.0. The van der Waals surface area contributed by atoms with Gasteiger partial charge in [-0.05, 0) is 24.1 Å². The monoisotopic (exact) mass is 452 g/mol. The van der Waals surface area contributed by atoms with Crippen LogP contribution < -0.4 is 5.32 Å². The van der Waals surface area contributed by atoms with Crippen molar-refractivity contribution < 1.29 is 9.59 Å². The van der Waals surface area contributed by atoms with Gasteiger partial charge in [0.15, 0.2) is 18.2 Å². The fourth-order valence-corrected chi connectivity index (χ4v) is 4.72. The molecule has 0 saturated carbocycles. The number of nitrogens with one attached hydrogen (secondary N) is 1. The minimum atomic E-state index is -0.473. The van der Waals surface area contributed by atoms with Crippen LogP contribution in [0.15, 0.2) is 23.2 Å². The molecular formula is C20H26Cl2N6O2. The second kappa shape index (κ2) is 8.61. The predicted molar refractivity (Wildman–Crippen MR) is 117 cm³/mol. The van der Waals surface area contributed by atoms with Crippen LogP contribution in [0.25, 0.3) is 0 Å². The quantitative estimate of drug-likeness (QED) is 0.756. The molecule has 0 radical (unpaired) electrons. The number of amides is 3. The number of carbonyl (C=O) groups excluding carboxylic acids is 2. The average molecular weight is 453 g/mol. The number of aliphatic imine (C=N–C) groups is 1. The van der Waals surface area contributed by atoms with E-state index in [2.05, 4.69) is 26.9 Å². The summed E-state index contributed by atoms with van der Waals surface area (Å²) in [7, 11) is 1.68. The molecule has 0 aliphatic carbocycles. The minimum Gasteiger partial charge on any atom is -0.340 e. The summed E-state index contributed by atoms with van der Waals surface area (Å²) >= 11 is 12.3. The standard InChI is InChI=1S/C20H26Cl2N6O2/c1-3-6-28-16-17(25(2)20(30)24-18(16)29)23-19(28)27-9-7-26(8-10-27)12-13-4-5-14(21)11-15(13)22/h4-5,11,16-17H,3,6-10,12H2,1-2H3,(H,24,29,30). The molecule has 1 N–H and O–H groups in total. The molecule has 3 amide bonds. The summed E-state index contributed by atoms with van der Waals surface area (Å²) in [6.07, 6.45) is 0.418. The molecule has 3 heterocycles. The van der Waals surface area contributed by atoms with Crippen molar-refractivity contribution >= 4 is 41.1 Å². The van der Waals surface area contributed by atoms with Gasteiger partial charge in [-0.1, -0.05) is 36.2 Å². The molecule has 30 heavy (non-hydrogen) atoms. The Hall–Kier alpha value is -2.03. The van der Waals surface area contributed by atoms with Gasteiger partial charge in [0.2, 0.25) is 0 Å². The number of rotatable bonds is 4. The molecular weight excluding hydrogens is 427 g/mol. The van der Waals surface area contributed by atoms with Gasteiger partial charge in [-0.25, -0.2) is 9.79 Å². The number of urea groups is 1. The zero-order valence-corrected chi connectivity index (χ0v) is 18.7. The molecule has 2 atom stereocenters. The molecule has 10 heteroatoms. The van der Waals surface area contributed by atoms with Crippen LogP contribution in [0.3, 0.4) is 0 Å². The highest BCUT2D eigenvalue weighted by Crippen LogP contribution is 2.27. The molecule has 2 saturated heterocycles. The van der Waals surface area contributed by atoms with Crippen LogP contribution in [0.1, 0.15) is 18.9 Å². The molecule has 2 fully saturated rings. The number of hydrogen-bond acceptors (Lipinski definition) is 6. The Bertz CT molecular complexity index is 871. The second-order valence-corrected chi connectivity index (χ2v) is 8.73. The van der Waals surface area contributed by atoms with Crippen LogP contribution in [0.4, 0.5) is 4.79 Å². The Kier molecular flexibility index (Phi) is 6.09. The lowest BCUT2D eigenvalue weighted by atomic mass is 10.1. The molecule has 1 aromatic rings. The lowest BCUT2D eigenvalue weighted by Gasteiger charge is -2.40. The summed E-state index contributed by atoms with van der Waals surface area (Å²) in [5.74, 6) is 0.541. The fraction of sp³-hybridized carbons (Fsp3) is 0.550. The van der Waals surface area contributed by atoms with Gasteiger partial charge in [-0.2, -0.15) is 0 Å². The van der Waals surface area contributed by atoms with Gasteiger partial charge in [-0.15, -0.1) is 0 Å². The summed E-state index contributed by atoms with van der Waals surface area (Å²) < 4.78 is 0. The van der Waals surface area contributed by atoms with Crippen molar-refractivity contribution in [2.75, 3.05) is 39.8 Å². The average Bonchev–Trinajstić information content (AvgIpc) is 3.09. The SMILES string of the molecule is CCCN1C(N2CCN(Cc3ccc(Cl)cc3Cl)CC2)=NC2C1C(=O)NC(=O)N2C. The third kappa shape index (κ3) is 3.96. The first-order valence-electron chi connectivity index (χ1n) is 10.2. The number of hydrogen-bond donors (Lipinski definition) is 1. The highest BCUT2D eigenvalue weighted by molar-refractivity contribution is 6.35. The summed E-state index contributed by atoms with van der Waals surface area (Å²) in [4.78, 5) is 37.5. The van der Waals surface area contributed by atoms with Gasteiger partial charge in [0.1, 0.15) is 0 Å². The highest BCUT2D eigenvalue weighted by Gasteiger charge is 2.49. The zero-order valence-electron chi connectivity index (χ0n) is 17.1. The molecule has 0 bridgehead atoms. The normalized spacial score (nSPS) is 24.8. The van der Waals surface area contributed by atoms with Crippen molar-refractivity contribution in [2.45, 2.75) is 32.1 Å². The summed E-state index contributed by atoms with van der Waals surface area (Å²) in [5.41, 5.74) is 1.06. The topological polar surface area (TPSA) is 71.5 Å². The third-order valence-electron chi connectivity index (χ3n) is 5.87. The minimum absolute atomic E-state index is 0.272. The lowest BCUT2D eigenvalue weighted by Crippen LogP contribution is -2.64. The number of fused-ring (bicyclic) bond motifs is 1. The van der Waals surface area contributed by atoms with E-state index in [1.54, 1.807) is 13.1 Å². The second-order valence-electron chi connectivity index (χ2n) is 7.89. The van der Waals surface area contributed by atoms with Gasteiger partial charge < -0.3 is 14.7 Å². The van der Waals surface area contributed by atoms with Gasteiger partial charge in [0, 0.05) is 56.4 Å². The molecule has 3 aliphatic heterocycles. The molecule has 1 aromatic carbocycles. The van der Waals surface area contributed by atoms with Crippen molar-refractivity contribution in [1.82, 2.24) is 24.9 Å². The van der Waals surface area contributed by atoms with Crippen LogP contribution in [-0.4, -0.2) is 89.5 Å². The lowest BCUT2D eigenvalue weighted by molar-refractivity contribution is -0.127. The smallest absolute Gasteiger partial charge is 0.325 e. The summed E-state index contributed by atoms with van der Waals surface area (Å²) in [5, 5.41) is 3.76. The van der Waals surface area contributed by atoms with Crippen LogP contribution in [-0.2, 0) is 11.3 Å². The van der Waals surface area contributed by atoms with Crippen LogP contribution in [0, 0.1) is 0 Å². The Balaban J connectivity index is 1.45. The molecule has 162 valence electrons. The van der Waals surface area contributed by atoms with Crippen LogP contribution in [0.5, 0.6) is 0 Å². The molecule has 0 spiro atoms. The van der Waals surface area contributed by atoms with Gasteiger partial charge in [0.25, 0.3) is 5.91 Å².